The lowest BCUT2D eigenvalue weighted by molar-refractivity contribution is 0.553. The Bertz CT molecular complexity index is 1410. The smallest absolute Gasteiger partial charge is 0.137 e. The van der Waals surface area contributed by atoms with Crippen molar-refractivity contribution in [3.8, 4) is 22.5 Å². The molecule has 0 aliphatic carbocycles. The average molecular weight is 427 g/mol. The summed E-state index contributed by atoms with van der Waals surface area (Å²) in [6, 6.07) is 12.1. The van der Waals surface area contributed by atoms with Crippen LogP contribution < -0.4 is 5.32 Å². The maximum absolute atomic E-state index is 4.83. The van der Waals surface area contributed by atoms with Gasteiger partial charge in [-0.05, 0) is 29.8 Å². The van der Waals surface area contributed by atoms with Gasteiger partial charge in [0.2, 0.25) is 0 Å². The first-order valence-electron chi connectivity index (χ1n) is 10.5. The summed E-state index contributed by atoms with van der Waals surface area (Å²) < 4.78 is 5.70. The number of aryl methyl sites for hydroxylation is 2. The average Bonchev–Trinajstić information content (AvgIpc) is 3.46. The maximum Gasteiger partial charge on any atom is 0.137 e. The lowest BCUT2D eigenvalue weighted by Gasteiger charge is -2.13. The Morgan fingerprint density at radius 3 is 2.53 bits per heavy atom. The fourth-order valence-electron chi connectivity index (χ4n) is 3.65. The minimum absolute atomic E-state index is 0.0157. The van der Waals surface area contributed by atoms with E-state index in [1.54, 1.807) is 4.68 Å². The number of pyridine rings is 2. The molecule has 0 amide bonds. The summed E-state index contributed by atoms with van der Waals surface area (Å²) in [6.07, 6.45) is 7.74. The molecule has 0 radical (unpaired) electrons. The van der Waals surface area contributed by atoms with Crippen LogP contribution in [-0.2, 0) is 19.5 Å². The van der Waals surface area contributed by atoms with Gasteiger partial charge in [-0.25, -0.2) is 9.97 Å². The lowest BCUT2D eigenvalue weighted by Crippen LogP contribution is -2.12. The molecule has 162 valence electrons. The summed E-state index contributed by atoms with van der Waals surface area (Å²) in [6.45, 7) is 6.47. The number of anilines is 2. The van der Waals surface area contributed by atoms with E-state index in [4.69, 9.17) is 4.98 Å². The number of rotatable bonds is 4. The molecule has 0 fully saturated rings. The Morgan fingerprint density at radius 2 is 1.81 bits per heavy atom. The largest absolute Gasteiger partial charge is 0.325 e. The summed E-state index contributed by atoms with van der Waals surface area (Å²) >= 11 is 0. The predicted molar refractivity (Wildman–Crippen MR) is 126 cm³/mol. The Morgan fingerprint density at radius 1 is 0.969 bits per heavy atom. The van der Waals surface area contributed by atoms with Crippen LogP contribution in [0.2, 0.25) is 0 Å². The Labute approximate surface area is 186 Å². The van der Waals surface area contributed by atoms with Gasteiger partial charge in [0.25, 0.3) is 0 Å². The molecule has 1 N–H and O–H groups in total. The number of imidazole rings is 1. The standard InChI is InChI=1S/C24H26N8/c1-24(2,3)20-12-23(31(5)29-20)28-21-8-6-7-18(27-21)19-14-25-22-11-16(9-10-32(19)22)17-13-26-30(4)15-17/h6-15H,1-5H3,(H,27,28). The third-order valence-electron chi connectivity index (χ3n) is 5.47. The van der Waals surface area contributed by atoms with E-state index in [-0.39, 0.29) is 5.41 Å². The molecular weight excluding hydrogens is 400 g/mol. The van der Waals surface area contributed by atoms with E-state index in [0.717, 1.165) is 45.5 Å². The highest BCUT2D eigenvalue weighted by molar-refractivity contribution is 5.70. The molecule has 0 spiro atoms. The molecule has 5 aromatic heterocycles. The van der Waals surface area contributed by atoms with Crippen molar-refractivity contribution in [1.82, 2.24) is 33.9 Å². The highest BCUT2D eigenvalue weighted by Gasteiger charge is 2.19. The van der Waals surface area contributed by atoms with Crippen molar-refractivity contribution in [1.29, 1.82) is 0 Å². The number of fused-ring (bicyclic) bond motifs is 1. The van der Waals surface area contributed by atoms with Crippen molar-refractivity contribution < 1.29 is 0 Å². The zero-order chi connectivity index (χ0) is 22.5. The highest BCUT2D eigenvalue weighted by atomic mass is 15.3. The van der Waals surface area contributed by atoms with Gasteiger partial charge < -0.3 is 5.32 Å². The van der Waals surface area contributed by atoms with Crippen LogP contribution in [0.5, 0.6) is 0 Å². The van der Waals surface area contributed by atoms with Gasteiger partial charge >= 0.3 is 0 Å². The van der Waals surface area contributed by atoms with Gasteiger partial charge in [-0.15, -0.1) is 0 Å². The van der Waals surface area contributed by atoms with E-state index in [0.29, 0.717) is 0 Å². The first kappa shape index (κ1) is 20.0. The van der Waals surface area contributed by atoms with Crippen LogP contribution >= 0.6 is 0 Å². The summed E-state index contributed by atoms with van der Waals surface area (Å²) in [7, 11) is 3.85. The fraction of sp³-hybridized carbons (Fsp3) is 0.250. The van der Waals surface area contributed by atoms with Crippen LogP contribution in [0.1, 0.15) is 26.5 Å². The second kappa shape index (κ2) is 7.33. The molecule has 5 rings (SSSR count). The molecule has 0 saturated heterocycles. The third-order valence-corrected chi connectivity index (χ3v) is 5.47. The topological polar surface area (TPSA) is 77.9 Å². The summed E-state index contributed by atoms with van der Waals surface area (Å²) in [5.41, 5.74) is 5.80. The maximum atomic E-state index is 4.83. The number of hydrogen-bond acceptors (Lipinski definition) is 5. The second-order valence-electron chi connectivity index (χ2n) is 9.01. The van der Waals surface area contributed by atoms with Crippen molar-refractivity contribution in [3.63, 3.8) is 0 Å². The van der Waals surface area contributed by atoms with Gasteiger partial charge in [0.15, 0.2) is 0 Å². The molecule has 0 atom stereocenters. The summed E-state index contributed by atoms with van der Waals surface area (Å²) in [4.78, 5) is 9.44. The van der Waals surface area contributed by atoms with E-state index in [9.17, 15) is 0 Å². The Hall–Kier alpha value is -3.94. The molecule has 0 aliphatic heterocycles. The molecule has 8 heteroatoms. The van der Waals surface area contributed by atoms with Gasteiger partial charge in [-0.2, -0.15) is 10.2 Å². The normalized spacial score (nSPS) is 11.9. The van der Waals surface area contributed by atoms with Crippen molar-refractivity contribution in [2.24, 2.45) is 14.1 Å². The Balaban J connectivity index is 1.46. The molecule has 0 saturated carbocycles. The van der Waals surface area contributed by atoms with Crippen LogP contribution in [0.4, 0.5) is 11.6 Å². The van der Waals surface area contributed by atoms with Crippen molar-refractivity contribution in [2.45, 2.75) is 26.2 Å². The van der Waals surface area contributed by atoms with Crippen LogP contribution in [0.3, 0.4) is 0 Å². The first-order valence-corrected chi connectivity index (χ1v) is 10.5. The van der Waals surface area contributed by atoms with Crippen LogP contribution in [0, 0.1) is 0 Å². The number of aromatic nitrogens is 7. The van der Waals surface area contributed by atoms with Gasteiger partial charge in [0, 0.05) is 43.5 Å². The SMILES string of the molecule is Cn1cc(-c2ccn3c(-c4cccc(Nc5cc(C(C)(C)C)nn5C)n4)cnc3c2)cn1. The zero-order valence-corrected chi connectivity index (χ0v) is 18.9. The van der Waals surface area contributed by atoms with Crippen molar-refractivity contribution in [2.75, 3.05) is 5.32 Å². The number of nitrogens with one attached hydrogen (secondary N) is 1. The highest BCUT2D eigenvalue weighted by Crippen LogP contribution is 2.27. The summed E-state index contributed by atoms with van der Waals surface area (Å²) in [5.74, 6) is 1.66. The van der Waals surface area contributed by atoms with E-state index >= 15 is 0 Å². The van der Waals surface area contributed by atoms with Crippen LogP contribution in [0.25, 0.3) is 28.2 Å². The van der Waals surface area contributed by atoms with E-state index < -0.39 is 0 Å². The molecule has 5 heterocycles. The van der Waals surface area contributed by atoms with Crippen molar-refractivity contribution >= 4 is 17.3 Å². The van der Waals surface area contributed by atoms with Gasteiger partial charge in [0.1, 0.15) is 17.3 Å². The molecule has 0 unspecified atom stereocenters. The monoisotopic (exact) mass is 426 g/mol. The van der Waals surface area contributed by atoms with Crippen LogP contribution in [-0.4, -0.2) is 33.9 Å². The van der Waals surface area contributed by atoms with Crippen molar-refractivity contribution in [3.05, 3.63) is 66.9 Å². The second-order valence-corrected chi connectivity index (χ2v) is 9.01. The minimum Gasteiger partial charge on any atom is -0.325 e. The quantitative estimate of drug-likeness (QED) is 0.455. The zero-order valence-electron chi connectivity index (χ0n) is 18.9. The molecule has 8 nitrogen and oxygen atoms in total. The van der Waals surface area contributed by atoms with Gasteiger partial charge in [-0.1, -0.05) is 26.8 Å². The molecule has 0 aromatic carbocycles. The molecule has 0 bridgehead atoms. The van der Waals surface area contributed by atoms with E-state index in [1.165, 1.54) is 0 Å². The van der Waals surface area contributed by atoms with Gasteiger partial charge in [0.05, 0.1) is 29.5 Å². The lowest BCUT2D eigenvalue weighted by atomic mass is 9.92. The summed E-state index contributed by atoms with van der Waals surface area (Å²) in [5, 5.41) is 12.3. The first-order chi connectivity index (χ1) is 15.3. The van der Waals surface area contributed by atoms with Gasteiger partial charge in [-0.3, -0.25) is 13.8 Å². The van der Waals surface area contributed by atoms with E-state index in [1.807, 2.05) is 66.2 Å². The third kappa shape index (κ3) is 3.64. The molecule has 5 aromatic rings. The predicted octanol–water partition coefficient (Wildman–Crippen LogP) is 4.57. The molecule has 0 aliphatic rings. The van der Waals surface area contributed by atoms with E-state index in [2.05, 4.69) is 59.5 Å². The number of hydrogen-bond donors (Lipinski definition) is 1. The minimum atomic E-state index is -0.0157. The molecular formula is C24H26N8. The fourth-order valence-corrected chi connectivity index (χ4v) is 3.65. The molecule has 32 heavy (non-hydrogen) atoms. The van der Waals surface area contributed by atoms with Crippen LogP contribution in [0.15, 0.2) is 61.2 Å². The Kier molecular flexibility index (Phi) is 4.58. The number of nitrogens with zero attached hydrogens (tertiary/aromatic N) is 7.